The van der Waals surface area contributed by atoms with E-state index < -0.39 is 6.09 Å². The fraction of sp³-hybridized carbons (Fsp3) is 0.800. The number of hydrogen-bond acceptors (Lipinski definition) is 2. The van der Waals surface area contributed by atoms with E-state index in [1.54, 1.807) is 0 Å². The van der Waals surface area contributed by atoms with Gasteiger partial charge in [-0.15, -0.1) is 12.4 Å². The summed E-state index contributed by atoms with van der Waals surface area (Å²) in [4.78, 5) is 9.96. The molecule has 0 spiro atoms. The lowest BCUT2D eigenvalue weighted by Crippen LogP contribution is -2.49. The highest BCUT2D eigenvalue weighted by atomic mass is 35.5. The lowest BCUT2D eigenvalue weighted by molar-refractivity contribution is 0.178. The minimum Gasteiger partial charge on any atom is -0.465 e. The number of halogens is 1. The maximum absolute atomic E-state index is 9.96. The Labute approximate surface area is 65.2 Å². The topological polar surface area (TPSA) is 75.3 Å². The first kappa shape index (κ1) is 9.52. The average Bonchev–Trinajstić information content (AvgIpc) is 1.60. The summed E-state index contributed by atoms with van der Waals surface area (Å²) in [6, 6.07) is 0.319. The maximum Gasteiger partial charge on any atom is 0.404 e. The van der Waals surface area contributed by atoms with Gasteiger partial charge in [-0.3, -0.25) is 0 Å². The molecule has 0 aromatic carbocycles. The van der Waals surface area contributed by atoms with Crippen molar-refractivity contribution in [1.29, 1.82) is 0 Å². The SMILES string of the molecule is Cl.N[C@H]1C[C@H](NC(=O)O)C1. The highest BCUT2D eigenvalue weighted by Crippen LogP contribution is 2.16. The Bertz CT molecular complexity index is 125. The summed E-state index contributed by atoms with van der Waals surface area (Å²) in [5, 5.41) is 10.5. The molecule has 10 heavy (non-hydrogen) atoms. The number of carbonyl (C=O) groups is 1. The van der Waals surface area contributed by atoms with Crippen molar-refractivity contribution >= 4 is 18.5 Å². The number of carboxylic acid groups (broad SMARTS) is 1. The first-order valence-electron chi connectivity index (χ1n) is 2.93. The van der Waals surface area contributed by atoms with Crippen LogP contribution >= 0.6 is 12.4 Å². The van der Waals surface area contributed by atoms with Crippen molar-refractivity contribution in [2.75, 3.05) is 0 Å². The summed E-state index contributed by atoms with van der Waals surface area (Å²) in [5.41, 5.74) is 5.41. The van der Waals surface area contributed by atoms with Gasteiger partial charge >= 0.3 is 6.09 Å². The van der Waals surface area contributed by atoms with Crippen LogP contribution in [0.15, 0.2) is 0 Å². The van der Waals surface area contributed by atoms with Crippen molar-refractivity contribution < 1.29 is 9.90 Å². The monoisotopic (exact) mass is 166 g/mol. The Kier molecular flexibility index (Phi) is 3.46. The van der Waals surface area contributed by atoms with Crippen LogP contribution in [0.4, 0.5) is 4.79 Å². The van der Waals surface area contributed by atoms with E-state index in [0.29, 0.717) is 0 Å². The summed E-state index contributed by atoms with van der Waals surface area (Å²) in [7, 11) is 0. The molecule has 4 N–H and O–H groups in total. The van der Waals surface area contributed by atoms with Crippen LogP contribution in [0.2, 0.25) is 0 Å². The lowest BCUT2D eigenvalue weighted by atomic mass is 9.88. The molecule has 0 saturated heterocycles. The molecule has 1 rings (SSSR count). The van der Waals surface area contributed by atoms with Gasteiger partial charge in [0.15, 0.2) is 0 Å². The van der Waals surface area contributed by atoms with Crippen molar-refractivity contribution in [3.8, 4) is 0 Å². The maximum atomic E-state index is 9.96. The summed E-state index contributed by atoms with van der Waals surface area (Å²) in [6.07, 6.45) is 0.616. The molecule has 0 bridgehead atoms. The quantitative estimate of drug-likeness (QED) is 0.520. The zero-order valence-corrected chi connectivity index (χ0v) is 6.23. The van der Waals surface area contributed by atoms with Gasteiger partial charge in [0.2, 0.25) is 0 Å². The van der Waals surface area contributed by atoms with Gasteiger partial charge in [-0.2, -0.15) is 0 Å². The molecule has 60 valence electrons. The average molecular weight is 167 g/mol. The zero-order chi connectivity index (χ0) is 6.85. The van der Waals surface area contributed by atoms with E-state index in [-0.39, 0.29) is 24.5 Å². The van der Waals surface area contributed by atoms with Gasteiger partial charge in [-0.1, -0.05) is 0 Å². The molecular weight excluding hydrogens is 156 g/mol. The van der Waals surface area contributed by atoms with Gasteiger partial charge in [0, 0.05) is 12.1 Å². The largest absolute Gasteiger partial charge is 0.465 e. The minimum atomic E-state index is -0.952. The molecule has 4 nitrogen and oxygen atoms in total. The van der Waals surface area contributed by atoms with E-state index >= 15 is 0 Å². The fourth-order valence-electron chi connectivity index (χ4n) is 0.954. The van der Waals surface area contributed by atoms with Gasteiger partial charge < -0.3 is 16.2 Å². The number of nitrogens with one attached hydrogen (secondary N) is 1. The van der Waals surface area contributed by atoms with Crippen molar-refractivity contribution in [2.45, 2.75) is 24.9 Å². The molecule has 0 unspecified atom stereocenters. The molecule has 5 heteroatoms. The molecule has 1 saturated carbocycles. The molecule has 1 aliphatic carbocycles. The Balaban J connectivity index is 0.000000810. The van der Waals surface area contributed by atoms with Crippen LogP contribution in [0.25, 0.3) is 0 Å². The Morgan fingerprint density at radius 1 is 1.60 bits per heavy atom. The van der Waals surface area contributed by atoms with E-state index in [1.165, 1.54) is 0 Å². The molecule has 1 amide bonds. The second kappa shape index (κ2) is 3.63. The van der Waals surface area contributed by atoms with Crippen LogP contribution in [0.5, 0.6) is 0 Å². The van der Waals surface area contributed by atoms with E-state index in [2.05, 4.69) is 5.32 Å². The number of hydrogen-bond donors (Lipinski definition) is 3. The molecule has 0 radical (unpaired) electrons. The minimum absolute atomic E-state index is 0. The van der Waals surface area contributed by atoms with Gasteiger partial charge in [-0.05, 0) is 12.8 Å². The van der Waals surface area contributed by atoms with Crippen LogP contribution in [0.3, 0.4) is 0 Å². The second-order valence-electron chi connectivity index (χ2n) is 2.38. The van der Waals surface area contributed by atoms with E-state index in [0.717, 1.165) is 12.8 Å². The smallest absolute Gasteiger partial charge is 0.404 e. The van der Waals surface area contributed by atoms with Gasteiger partial charge in [0.25, 0.3) is 0 Å². The summed E-state index contributed by atoms with van der Waals surface area (Å²) in [5.74, 6) is 0. The third-order valence-electron chi connectivity index (χ3n) is 1.50. The highest BCUT2D eigenvalue weighted by molar-refractivity contribution is 5.85. The summed E-state index contributed by atoms with van der Waals surface area (Å²) >= 11 is 0. The molecule has 1 fully saturated rings. The number of rotatable bonds is 1. The third kappa shape index (κ3) is 2.41. The van der Waals surface area contributed by atoms with Crippen LogP contribution in [0, 0.1) is 0 Å². The van der Waals surface area contributed by atoms with Crippen molar-refractivity contribution in [2.24, 2.45) is 5.73 Å². The van der Waals surface area contributed by atoms with Gasteiger partial charge in [0.05, 0.1) is 0 Å². The van der Waals surface area contributed by atoms with E-state index in [9.17, 15) is 4.79 Å². The third-order valence-corrected chi connectivity index (χ3v) is 1.50. The first-order valence-corrected chi connectivity index (χ1v) is 2.93. The molecule has 0 aliphatic heterocycles. The molecule has 0 aromatic rings. The van der Waals surface area contributed by atoms with E-state index in [4.69, 9.17) is 10.8 Å². The summed E-state index contributed by atoms with van der Waals surface area (Å²) < 4.78 is 0. The Morgan fingerprint density at radius 3 is 2.40 bits per heavy atom. The Morgan fingerprint density at radius 2 is 2.10 bits per heavy atom. The molecule has 1 aliphatic rings. The zero-order valence-electron chi connectivity index (χ0n) is 5.41. The van der Waals surface area contributed by atoms with Crippen LogP contribution < -0.4 is 11.1 Å². The Hall–Kier alpha value is -0.480. The normalized spacial score (nSPS) is 29.7. The van der Waals surface area contributed by atoms with Crippen LogP contribution in [0.1, 0.15) is 12.8 Å². The predicted molar refractivity (Wildman–Crippen MR) is 39.4 cm³/mol. The van der Waals surface area contributed by atoms with Crippen LogP contribution in [-0.4, -0.2) is 23.3 Å². The predicted octanol–water partition coefficient (Wildman–Crippen LogP) is 0.165. The van der Waals surface area contributed by atoms with Crippen molar-refractivity contribution in [3.05, 3.63) is 0 Å². The molecular formula is C5H11ClN2O2. The molecule has 0 atom stereocenters. The van der Waals surface area contributed by atoms with Crippen molar-refractivity contribution in [1.82, 2.24) is 5.32 Å². The summed E-state index contributed by atoms with van der Waals surface area (Å²) in [6.45, 7) is 0. The highest BCUT2D eigenvalue weighted by Gasteiger charge is 2.26. The first-order chi connectivity index (χ1) is 4.18. The lowest BCUT2D eigenvalue weighted by Gasteiger charge is -2.31. The van der Waals surface area contributed by atoms with E-state index in [1.807, 2.05) is 0 Å². The van der Waals surface area contributed by atoms with Gasteiger partial charge in [0.1, 0.15) is 0 Å². The number of nitrogens with two attached hydrogens (primary N) is 1. The number of amides is 1. The molecule has 0 aromatic heterocycles. The fourth-order valence-corrected chi connectivity index (χ4v) is 0.954. The van der Waals surface area contributed by atoms with Crippen molar-refractivity contribution in [3.63, 3.8) is 0 Å². The van der Waals surface area contributed by atoms with Crippen LogP contribution in [-0.2, 0) is 0 Å². The standard InChI is InChI=1S/C5H10N2O2.ClH/c6-3-1-4(2-3)7-5(8)9;/h3-4,7H,1-2,6H2,(H,8,9);1H/t3-,4-;. The van der Waals surface area contributed by atoms with Gasteiger partial charge in [-0.25, -0.2) is 4.79 Å². The second-order valence-corrected chi connectivity index (χ2v) is 2.38. The molecule has 0 heterocycles.